The van der Waals surface area contributed by atoms with Crippen LogP contribution in [0.3, 0.4) is 0 Å². The average Bonchev–Trinajstić information content (AvgIpc) is 2.49. The lowest BCUT2D eigenvalue weighted by Crippen LogP contribution is -2.36. The lowest BCUT2D eigenvalue weighted by molar-refractivity contribution is -0.152. The molecule has 2 rings (SSSR count). The molecule has 0 heterocycles. The molecule has 0 amide bonds. The second-order valence-corrected chi connectivity index (χ2v) is 5.85. The van der Waals surface area contributed by atoms with Crippen molar-refractivity contribution in [1.82, 2.24) is 0 Å². The Bertz CT molecular complexity index is 419. The monoisotopic (exact) mass is 276 g/mol. The first kappa shape index (κ1) is 14.9. The lowest BCUT2D eigenvalue weighted by Gasteiger charge is -2.36. The first-order valence-electron chi connectivity index (χ1n) is 7.57. The normalized spacial score (nSPS) is 26.1. The van der Waals surface area contributed by atoms with Gasteiger partial charge in [-0.2, -0.15) is 0 Å². The summed E-state index contributed by atoms with van der Waals surface area (Å²) < 4.78 is 5.67. The van der Waals surface area contributed by atoms with Crippen molar-refractivity contribution in [2.75, 3.05) is 6.61 Å². The zero-order valence-corrected chi connectivity index (χ0v) is 12.2. The van der Waals surface area contributed by atoms with Crippen molar-refractivity contribution < 1.29 is 14.6 Å². The molecule has 1 fully saturated rings. The van der Waals surface area contributed by atoms with Crippen molar-refractivity contribution in [1.29, 1.82) is 0 Å². The van der Waals surface area contributed by atoms with Crippen LogP contribution in [0.4, 0.5) is 0 Å². The average molecular weight is 276 g/mol. The molecule has 1 aromatic rings. The zero-order chi connectivity index (χ0) is 14.4. The minimum atomic E-state index is -0.649. The van der Waals surface area contributed by atoms with Gasteiger partial charge < -0.3 is 9.84 Å². The largest absolute Gasteiger partial charge is 0.494 e. The van der Waals surface area contributed by atoms with Crippen LogP contribution >= 0.6 is 0 Å². The lowest BCUT2D eigenvalue weighted by atomic mass is 9.68. The Morgan fingerprint density at radius 3 is 2.50 bits per heavy atom. The maximum Gasteiger partial charge on any atom is 0.309 e. The van der Waals surface area contributed by atoms with Gasteiger partial charge in [-0.05, 0) is 50.2 Å². The third kappa shape index (κ3) is 3.53. The Balaban J connectivity index is 1.89. The van der Waals surface area contributed by atoms with Crippen molar-refractivity contribution in [3.8, 4) is 5.75 Å². The molecular formula is C17H24O3. The highest BCUT2D eigenvalue weighted by Gasteiger charge is 2.41. The fourth-order valence-electron chi connectivity index (χ4n) is 3.09. The predicted molar refractivity (Wildman–Crippen MR) is 78.9 cm³/mol. The van der Waals surface area contributed by atoms with E-state index in [-0.39, 0.29) is 0 Å². The molecule has 1 saturated carbocycles. The fourth-order valence-corrected chi connectivity index (χ4v) is 3.09. The summed E-state index contributed by atoms with van der Waals surface area (Å²) in [6, 6.07) is 9.60. The second-order valence-electron chi connectivity index (χ2n) is 5.85. The molecule has 0 aliphatic heterocycles. The summed E-state index contributed by atoms with van der Waals surface area (Å²) in [5, 5.41) is 9.59. The summed E-state index contributed by atoms with van der Waals surface area (Å²) in [5.41, 5.74) is -0.569. The van der Waals surface area contributed by atoms with Gasteiger partial charge in [0.05, 0.1) is 12.0 Å². The Hall–Kier alpha value is -1.51. The predicted octanol–water partition coefficient (Wildman–Crippen LogP) is 4.13. The SMILES string of the molecule is CCC1CCC(CCOc2ccccc2)(C(=O)O)CC1. The van der Waals surface area contributed by atoms with Gasteiger partial charge in [-0.3, -0.25) is 4.79 Å². The van der Waals surface area contributed by atoms with Crippen LogP contribution in [0.5, 0.6) is 5.75 Å². The molecule has 0 unspecified atom stereocenters. The van der Waals surface area contributed by atoms with Crippen LogP contribution in [0.2, 0.25) is 0 Å². The molecule has 0 aromatic heterocycles. The number of carboxylic acid groups (broad SMARTS) is 1. The number of benzene rings is 1. The maximum atomic E-state index is 11.7. The summed E-state index contributed by atoms with van der Waals surface area (Å²) in [5.74, 6) is 0.872. The molecule has 1 aliphatic rings. The third-order valence-corrected chi connectivity index (χ3v) is 4.69. The zero-order valence-electron chi connectivity index (χ0n) is 12.2. The smallest absolute Gasteiger partial charge is 0.309 e. The number of aliphatic carboxylic acids is 1. The molecule has 0 spiro atoms. The van der Waals surface area contributed by atoms with Gasteiger partial charge in [0, 0.05) is 0 Å². The van der Waals surface area contributed by atoms with Gasteiger partial charge in [-0.1, -0.05) is 31.5 Å². The van der Waals surface area contributed by atoms with E-state index < -0.39 is 11.4 Å². The van der Waals surface area contributed by atoms with Gasteiger partial charge in [0.15, 0.2) is 0 Å². The van der Waals surface area contributed by atoms with Crippen LogP contribution in [0.25, 0.3) is 0 Å². The van der Waals surface area contributed by atoms with Crippen LogP contribution < -0.4 is 4.74 Å². The van der Waals surface area contributed by atoms with Crippen molar-refractivity contribution in [2.24, 2.45) is 11.3 Å². The van der Waals surface area contributed by atoms with Gasteiger partial charge in [0.1, 0.15) is 5.75 Å². The van der Waals surface area contributed by atoms with Crippen LogP contribution in [0.1, 0.15) is 45.4 Å². The molecule has 0 bridgehead atoms. The van der Waals surface area contributed by atoms with Crippen molar-refractivity contribution >= 4 is 5.97 Å². The topological polar surface area (TPSA) is 46.5 Å². The maximum absolute atomic E-state index is 11.7. The fraction of sp³-hybridized carbons (Fsp3) is 0.588. The molecule has 0 radical (unpaired) electrons. The van der Waals surface area contributed by atoms with Crippen LogP contribution in [0, 0.1) is 11.3 Å². The van der Waals surface area contributed by atoms with E-state index in [4.69, 9.17) is 4.74 Å². The summed E-state index contributed by atoms with van der Waals surface area (Å²) in [6.45, 7) is 2.67. The van der Waals surface area contributed by atoms with E-state index in [2.05, 4.69) is 6.92 Å². The van der Waals surface area contributed by atoms with Gasteiger partial charge >= 0.3 is 5.97 Å². The molecular weight excluding hydrogens is 252 g/mol. The summed E-state index contributed by atoms with van der Waals surface area (Å²) in [4.78, 5) is 11.7. The number of ether oxygens (including phenoxy) is 1. The molecule has 20 heavy (non-hydrogen) atoms. The number of hydrogen-bond donors (Lipinski definition) is 1. The highest BCUT2D eigenvalue weighted by atomic mass is 16.5. The van der Waals surface area contributed by atoms with Gasteiger partial charge in [-0.25, -0.2) is 0 Å². The Kier molecular flexibility index (Phi) is 5.05. The standard InChI is InChI=1S/C17H24O3/c1-2-14-8-10-17(11-9-14,16(18)19)12-13-20-15-6-4-3-5-7-15/h3-7,14H,2,8-13H2,1H3,(H,18,19). The summed E-state index contributed by atoms with van der Waals surface area (Å²) in [7, 11) is 0. The second kappa shape index (κ2) is 6.78. The van der Waals surface area contributed by atoms with E-state index in [9.17, 15) is 9.90 Å². The number of para-hydroxylation sites is 1. The van der Waals surface area contributed by atoms with E-state index in [1.807, 2.05) is 30.3 Å². The molecule has 1 aliphatic carbocycles. The molecule has 3 nitrogen and oxygen atoms in total. The molecule has 0 saturated heterocycles. The quantitative estimate of drug-likeness (QED) is 0.850. The van der Waals surface area contributed by atoms with Crippen molar-refractivity contribution in [2.45, 2.75) is 45.4 Å². The van der Waals surface area contributed by atoms with Gasteiger partial charge in [-0.15, -0.1) is 0 Å². The highest BCUT2D eigenvalue weighted by molar-refractivity contribution is 5.74. The van der Waals surface area contributed by atoms with E-state index in [1.54, 1.807) is 0 Å². The van der Waals surface area contributed by atoms with Gasteiger partial charge in [0.2, 0.25) is 0 Å². The highest BCUT2D eigenvalue weighted by Crippen LogP contribution is 2.42. The number of carbonyl (C=O) groups is 1. The number of hydrogen-bond acceptors (Lipinski definition) is 2. The van der Waals surface area contributed by atoms with E-state index in [1.165, 1.54) is 0 Å². The first-order valence-corrected chi connectivity index (χ1v) is 7.57. The molecule has 1 aromatic carbocycles. The summed E-state index contributed by atoms with van der Waals surface area (Å²) >= 11 is 0. The molecule has 3 heteroatoms. The van der Waals surface area contributed by atoms with E-state index >= 15 is 0 Å². The van der Waals surface area contributed by atoms with Crippen LogP contribution in [-0.2, 0) is 4.79 Å². The number of carboxylic acids is 1. The number of rotatable bonds is 6. The third-order valence-electron chi connectivity index (χ3n) is 4.69. The Labute approximate surface area is 121 Å². The van der Waals surface area contributed by atoms with Gasteiger partial charge in [0.25, 0.3) is 0 Å². The Morgan fingerprint density at radius 1 is 1.30 bits per heavy atom. The van der Waals surface area contributed by atoms with E-state index in [0.717, 1.165) is 37.9 Å². The first-order chi connectivity index (χ1) is 9.66. The van der Waals surface area contributed by atoms with Crippen LogP contribution in [-0.4, -0.2) is 17.7 Å². The van der Waals surface area contributed by atoms with Crippen molar-refractivity contribution in [3.05, 3.63) is 30.3 Å². The van der Waals surface area contributed by atoms with E-state index in [0.29, 0.717) is 18.9 Å². The molecule has 0 atom stereocenters. The Morgan fingerprint density at radius 2 is 1.95 bits per heavy atom. The molecule has 110 valence electrons. The minimum absolute atomic E-state index is 0.479. The van der Waals surface area contributed by atoms with Crippen LogP contribution in [0.15, 0.2) is 30.3 Å². The molecule has 1 N–H and O–H groups in total. The van der Waals surface area contributed by atoms with Crippen molar-refractivity contribution in [3.63, 3.8) is 0 Å². The summed E-state index contributed by atoms with van der Waals surface area (Å²) in [6.07, 6.45) is 5.42. The minimum Gasteiger partial charge on any atom is -0.494 e.